The molecule has 0 bridgehead atoms. The molecule has 0 N–H and O–H groups in total. The number of hydrogen-bond acceptors (Lipinski definition) is 5. The van der Waals surface area contributed by atoms with Gasteiger partial charge in [0.25, 0.3) is 11.8 Å². The third-order valence-corrected chi connectivity index (χ3v) is 4.88. The predicted octanol–water partition coefficient (Wildman–Crippen LogP) is 5.25. The second-order valence-corrected chi connectivity index (χ2v) is 8.65. The van der Waals surface area contributed by atoms with E-state index in [2.05, 4.69) is 0 Å². The first-order valence-corrected chi connectivity index (χ1v) is 10.6. The molecule has 2 aromatic rings. The van der Waals surface area contributed by atoms with Crippen molar-refractivity contribution in [2.45, 2.75) is 47.1 Å². The Morgan fingerprint density at radius 3 is 2.06 bits per heavy atom. The van der Waals surface area contributed by atoms with Crippen molar-refractivity contribution in [1.29, 1.82) is 0 Å². The molecule has 172 valence electrons. The summed E-state index contributed by atoms with van der Waals surface area (Å²) in [5, 5.41) is 1.82. The van der Waals surface area contributed by atoms with Crippen LogP contribution in [-0.4, -0.2) is 46.6 Å². The van der Waals surface area contributed by atoms with Crippen molar-refractivity contribution in [3.8, 4) is 5.75 Å². The number of hydrogen-bond donors (Lipinski definition) is 0. The van der Waals surface area contributed by atoms with Crippen molar-refractivity contribution < 1.29 is 23.9 Å². The van der Waals surface area contributed by atoms with Crippen LogP contribution < -0.4 is 4.74 Å². The van der Waals surface area contributed by atoms with Gasteiger partial charge in [0, 0.05) is 16.7 Å². The Hall–Kier alpha value is -3.06. The molecule has 7 nitrogen and oxygen atoms in total. The topological polar surface area (TPSA) is 76.2 Å². The van der Waals surface area contributed by atoms with Crippen LogP contribution >= 0.6 is 11.6 Å². The lowest BCUT2D eigenvalue weighted by Crippen LogP contribution is -2.60. The van der Waals surface area contributed by atoms with E-state index in [0.29, 0.717) is 21.9 Å². The Morgan fingerprint density at radius 2 is 1.56 bits per heavy atom. The van der Waals surface area contributed by atoms with Gasteiger partial charge in [-0.1, -0.05) is 34.9 Å². The summed E-state index contributed by atoms with van der Waals surface area (Å²) >= 11 is 5.62. The Morgan fingerprint density at radius 1 is 0.969 bits per heavy atom. The van der Waals surface area contributed by atoms with Gasteiger partial charge in [0.05, 0.1) is 12.6 Å². The molecule has 0 radical (unpaired) electrons. The molecule has 0 aliphatic heterocycles. The second kappa shape index (κ2) is 10.0. The van der Waals surface area contributed by atoms with E-state index < -0.39 is 29.5 Å². The smallest absolute Gasteiger partial charge is 0.437 e. The summed E-state index contributed by atoms with van der Waals surface area (Å²) in [5.74, 6) is -0.779. The van der Waals surface area contributed by atoms with E-state index in [1.165, 1.54) is 7.11 Å². The van der Waals surface area contributed by atoms with Gasteiger partial charge < -0.3 is 9.47 Å². The van der Waals surface area contributed by atoms with Crippen molar-refractivity contribution in [2.24, 2.45) is 0 Å². The van der Waals surface area contributed by atoms with Crippen LogP contribution in [0.4, 0.5) is 4.79 Å². The number of ether oxygens (including phenoxy) is 2. The molecular weight excluding hydrogens is 432 g/mol. The van der Waals surface area contributed by atoms with E-state index in [1.54, 1.807) is 58.0 Å². The first kappa shape index (κ1) is 25.2. The van der Waals surface area contributed by atoms with E-state index >= 15 is 0 Å². The first-order valence-electron chi connectivity index (χ1n) is 10.1. The number of rotatable bonds is 4. The van der Waals surface area contributed by atoms with Crippen LogP contribution in [0.3, 0.4) is 0 Å². The molecule has 0 aliphatic rings. The lowest BCUT2D eigenvalue weighted by atomic mass is 10.0. The van der Waals surface area contributed by atoms with E-state index in [9.17, 15) is 14.4 Å². The maximum Gasteiger partial charge on any atom is 0.437 e. The molecule has 0 saturated heterocycles. The fourth-order valence-corrected chi connectivity index (χ4v) is 3.55. The fraction of sp³-hybridized carbons (Fsp3) is 0.375. The van der Waals surface area contributed by atoms with E-state index in [0.717, 1.165) is 16.1 Å². The second-order valence-electron chi connectivity index (χ2n) is 8.43. The monoisotopic (exact) mass is 460 g/mol. The molecule has 2 rings (SSSR count). The highest BCUT2D eigenvalue weighted by atomic mass is 35.5. The number of imide groups is 1. The molecule has 0 fully saturated rings. The average molecular weight is 461 g/mol. The zero-order valence-corrected chi connectivity index (χ0v) is 20.2. The fourth-order valence-electron chi connectivity index (χ4n) is 3.46. The van der Waals surface area contributed by atoms with E-state index in [4.69, 9.17) is 21.1 Å². The lowest BCUT2D eigenvalue weighted by Gasteiger charge is -2.41. The summed E-state index contributed by atoms with van der Waals surface area (Å²) in [6, 6.07) is 9.77. The normalized spacial score (nSPS) is 11.0. The molecule has 0 unspecified atom stereocenters. The Balaban J connectivity index is 2.69. The van der Waals surface area contributed by atoms with Gasteiger partial charge in [0.1, 0.15) is 5.75 Å². The number of hydrazine groups is 1. The summed E-state index contributed by atoms with van der Waals surface area (Å²) < 4.78 is 10.3. The van der Waals surface area contributed by atoms with Crippen molar-refractivity contribution in [2.75, 3.05) is 13.2 Å². The van der Waals surface area contributed by atoms with Gasteiger partial charge in [0.2, 0.25) is 0 Å². The van der Waals surface area contributed by atoms with Crippen LogP contribution in [0.5, 0.6) is 5.75 Å². The number of nitrogens with zero attached hydrogens (tertiary/aromatic N) is 2. The van der Waals surface area contributed by atoms with Gasteiger partial charge in [-0.25, -0.2) is 9.80 Å². The van der Waals surface area contributed by atoms with Gasteiger partial charge >= 0.3 is 6.09 Å². The first-order chi connectivity index (χ1) is 14.9. The summed E-state index contributed by atoms with van der Waals surface area (Å²) in [7, 11) is 1.49. The molecular formula is C24H29ClN2O5. The average Bonchev–Trinajstić information content (AvgIpc) is 2.69. The highest BCUT2D eigenvalue weighted by Gasteiger charge is 2.41. The molecule has 8 heteroatoms. The van der Waals surface area contributed by atoms with Crippen molar-refractivity contribution >= 4 is 29.5 Å². The predicted molar refractivity (Wildman–Crippen MR) is 123 cm³/mol. The molecule has 0 spiro atoms. The molecule has 2 aromatic carbocycles. The molecule has 0 saturated carbocycles. The Labute approximate surface area is 193 Å². The number of carbonyl (C=O) groups excluding carboxylic acids is 3. The summed E-state index contributed by atoms with van der Waals surface area (Å²) in [4.78, 5) is 40.3. The van der Waals surface area contributed by atoms with Crippen LogP contribution in [0.15, 0.2) is 36.4 Å². The van der Waals surface area contributed by atoms with Crippen molar-refractivity contribution in [3.05, 3.63) is 64.2 Å². The maximum absolute atomic E-state index is 13.7. The van der Waals surface area contributed by atoms with Crippen LogP contribution in [0.2, 0.25) is 0 Å². The molecule has 0 atom stereocenters. The molecule has 3 amide bonds. The molecule has 32 heavy (non-hydrogen) atoms. The van der Waals surface area contributed by atoms with Crippen LogP contribution in [0.25, 0.3) is 0 Å². The number of carbonyl (C=O) groups is 3. The van der Waals surface area contributed by atoms with Gasteiger partial charge in [-0.2, -0.15) is 0 Å². The maximum atomic E-state index is 13.7. The number of methoxy groups -OCH3 is 1. The van der Waals surface area contributed by atoms with Crippen LogP contribution in [0.1, 0.15) is 58.2 Å². The van der Waals surface area contributed by atoms with Gasteiger partial charge in [-0.15, -0.1) is 5.01 Å². The molecule has 0 aromatic heterocycles. The number of alkyl halides is 1. The van der Waals surface area contributed by atoms with Crippen LogP contribution in [0, 0.1) is 20.8 Å². The summed E-state index contributed by atoms with van der Waals surface area (Å²) in [6.45, 7) is 10.6. The third kappa shape index (κ3) is 5.40. The van der Waals surface area contributed by atoms with Gasteiger partial charge in [-0.05, 0) is 65.8 Å². The third-order valence-electron chi connectivity index (χ3n) is 4.77. The number of amides is 3. The minimum absolute atomic E-state index is 0.193. The van der Waals surface area contributed by atoms with E-state index in [-0.39, 0.29) is 5.56 Å². The minimum atomic E-state index is -1.06. The van der Waals surface area contributed by atoms with Crippen LogP contribution in [-0.2, 0) is 4.74 Å². The molecule has 0 heterocycles. The van der Waals surface area contributed by atoms with Gasteiger partial charge in [-0.3, -0.25) is 9.59 Å². The summed E-state index contributed by atoms with van der Waals surface area (Å²) in [5.41, 5.74) is 1.87. The van der Waals surface area contributed by atoms with Crippen molar-refractivity contribution in [1.82, 2.24) is 10.0 Å². The lowest BCUT2D eigenvalue weighted by molar-refractivity contribution is -0.0374. The van der Waals surface area contributed by atoms with Crippen molar-refractivity contribution in [3.63, 3.8) is 0 Å². The summed E-state index contributed by atoms with van der Waals surface area (Å²) in [6.07, 6.45) is -1.06. The minimum Gasteiger partial charge on any atom is -0.496 e. The Kier molecular flexibility index (Phi) is 7.91. The van der Waals surface area contributed by atoms with E-state index in [1.807, 2.05) is 19.9 Å². The molecule has 0 aliphatic carbocycles. The Bertz CT molecular complexity index is 1010. The highest BCUT2D eigenvalue weighted by molar-refractivity contribution is 6.17. The SMILES string of the molecule is COc1cccc(C(=O)N(C(=O)OCCl)N(C(=O)c2cc(C)cc(C)c2)C(C)(C)C)c1C. The van der Waals surface area contributed by atoms with Gasteiger partial charge in [0.15, 0.2) is 6.07 Å². The zero-order valence-electron chi connectivity index (χ0n) is 19.5. The largest absolute Gasteiger partial charge is 0.496 e. The standard InChI is InChI=1S/C24H29ClN2O5/c1-15-11-16(2)13-18(12-15)21(28)27(24(4,5)6)26(23(30)32-14-25)22(29)19-9-8-10-20(31-7)17(19)3/h8-13H,14H2,1-7H3. The quantitative estimate of drug-likeness (QED) is 0.460. The highest BCUT2D eigenvalue weighted by Crippen LogP contribution is 2.27. The number of aryl methyl sites for hydroxylation is 2. The number of benzene rings is 2. The number of halogens is 1. The zero-order chi connectivity index (χ0) is 24.2.